The van der Waals surface area contributed by atoms with Crippen LogP contribution in [0.5, 0.6) is 0 Å². The highest BCUT2D eigenvalue weighted by Gasteiger charge is 2.12. The van der Waals surface area contributed by atoms with Gasteiger partial charge in [-0.05, 0) is 81.9 Å². The summed E-state index contributed by atoms with van der Waals surface area (Å²) in [7, 11) is 0. The van der Waals surface area contributed by atoms with E-state index in [-0.39, 0.29) is 5.56 Å². The summed E-state index contributed by atoms with van der Waals surface area (Å²) in [6.07, 6.45) is 0. The number of nitrogens with zero attached hydrogens (tertiary/aromatic N) is 2. The molecule has 2 aromatic carbocycles. The van der Waals surface area contributed by atoms with Crippen LogP contribution in [0.4, 0.5) is 0 Å². The summed E-state index contributed by atoms with van der Waals surface area (Å²) in [5, 5.41) is 1.35. The summed E-state index contributed by atoms with van der Waals surface area (Å²) in [5.41, 5.74) is 1.79. The summed E-state index contributed by atoms with van der Waals surface area (Å²) in [6.45, 7) is 2.36. The van der Waals surface area contributed by atoms with Crippen LogP contribution in [0.15, 0.2) is 41.2 Å². The van der Waals surface area contributed by atoms with Gasteiger partial charge in [-0.25, -0.2) is 4.98 Å². The Morgan fingerprint density at radius 1 is 1.18 bits per heavy atom. The van der Waals surface area contributed by atoms with Crippen molar-refractivity contribution in [1.82, 2.24) is 9.55 Å². The van der Waals surface area contributed by atoms with E-state index in [1.165, 1.54) is 0 Å². The Balaban J connectivity index is 2.18. The maximum Gasteiger partial charge on any atom is 0.261 e. The molecule has 3 aromatic rings. The van der Waals surface area contributed by atoms with Crippen molar-refractivity contribution < 1.29 is 0 Å². The molecule has 0 saturated carbocycles. The summed E-state index contributed by atoms with van der Waals surface area (Å²) in [6, 6.07) is 11.4. The lowest BCUT2D eigenvalue weighted by Crippen LogP contribution is -2.24. The minimum Gasteiger partial charge on any atom is -0.292 e. The fourth-order valence-corrected chi connectivity index (χ4v) is 4.41. The number of halogens is 3. The first-order valence-corrected chi connectivity index (χ1v) is 9.10. The van der Waals surface area contributed by atoms with E-state index >= 15 is 0 Å². The van der Waals surface area contributed by atoms with Crippen molar-refractivity contribution in [3.05, 3.63) is 70.3 Å². The molecule has 0 unspecified atom stereocenters. The predicted molar refractivity (Wildman–Crippen MR) is 107 cm³/mol. The molecule has 112 valence electrons. The van der Waals surface area contributed by atoms with Gasteiger partial charge in [0.2, 0.25) is 0 Å². The lowest BCUT2D eigenvalue weighted by atomic mass is 10.2. The Bertz CT molecular complexity index is 920. The molecule has 0 radical (unpaired) electrons. The molecule has 0 bridgehead atoms. The minimum atomic E-state index is -0.00566. The van der Waals surface area contributed by atoms with Crippen LogP contribution in [-0.4, -0.2) is 9.55 Å². The molecule has 0 atom stereocenters. The first-order valence-electron chi connectivity index (χ1n) is 6.56. The molecule has 3 rings (SSSR count). The highest BCUT2D eigenvalue weighted by molar-refractivity contribution is 14.1. The first-order chi connectivity index (χ1) is 10.5. The molecule has 0 aliphatic carbocycles. The zero-order valence-corrected chi connectivity index (χ0v) is 16.7. The number of hydrogen-bond acceptors (Lipinski definition) is 2. The van der Waals surface area contributed by atoms with Gasteiger partial charge in [0.15, 0.2) is 0 Å². The average Bonchev–Trinajstić information content (AvgIpc) is 2.47. The Hall–Kier alpha value is -0.670. The van der Waals surface area contributed by atoms with Crippen molar-refractivity contribution in [3.63, 3.8) is 0 Å². The van der Waals surface area contributed by atoms with Crippen molar-refractivity contribution in [1.29, 1.82) is 0 Å². The first kappa shape index (κ1) is 16.2. The zero-order valence-electron chi connectivity index (χ0n) is 11.6. The van der Waals surface area contributed by atoms with E-state index in [2.05, 4.69) is 50.2 Å². The standard InChI is InChI=1S/C16H11ClI2N2O/c1-9-20-15-13(6-12(18)7-14(15)19)16(22)21(9)8-10-2-4-11(17)5-3-10/h2-7H,8H2,1H3. The highest BCUT2D eigenvalue weighted by atomic mass is 127. The fraction of sp³-hybridized carbons (Fsp3) is 0.125. The molecule has 0 amide bonds. The Kier molecular flexibility index (Phi) is 4.75. The highest BCUT2D eigenvalue weighted by Crippen LogP contribution is 2.20. The van der Waals surface area contributed by atoms with E-state index < -0.39 is 0 Å². The molecule has 22 heavy (non-hydrogen) atoms. The van der Waals surface area contributed by atoms with Crippen molar-refractivity contribution in [3.8, 4) is 0 Å². The monoisotopic (exact) mass is 536 g/mol. The number of aryl methyl sites for hydroxylation is 1. The van der Waals surface area contributed by atoms with Crippen molar-refractivity contribution in [2.24, 2.45) is 0 Å². The Labute approximate surface area is 160 Å². The number of rotatable bonds is 2. The third-order valence-electron chi connectivity index (χ3n) is 3.42. The van der Waals surface area contributed by atoms with Gasteiger partial charge in [-0.2, -0.15) is 0 Å². The van der Waals surface area contributed by atoms with Gasteiger partial charge < -0.3 is 0 Å². The normalized spacial score (nSPS) is 11.1. The summed E-state index contributed by atoms with van der Waals surface area (Å²) >= 11 is 10.4. The SMILES string of the molecule is Cc1nc2c(I)cc(I)cc2c(=O)n1Cc1ccc(Cl)cc1. The van der Waals surface area contributed by atoms with E-state index in [1.54, 1.807) is 4.57 Å². The molecule has 1 aromatic heterocycles. The summed E-state index contributed by atoms with van der Waals surface area (Å²) in [4.78, 5) is 17.4. The second kappa shape index (κ2) is 6.45. The molecule has 0 fully saturated rings. The number of benzene rings is 2. The molecule has 0 spiro atoms. The van der Waals surface area contributed by atoms with Crippen LogP contribution in [-0.2, 0) is 6.54 Å². The van der Waals surface area contributed by atoms with Gasteiger partial charge in [-0.3, -0.25) is 9.36 Å². The Morgan fingerprint density at radius 3 is 2.55 bits per heavy atom. The maximum atomic E-state index is 12.8. The van der Waals surface area contributed by atoms with Gasteiger partial charge in [0.1, 0.15) is 5.82 Å². The molecule has 0 aliphatic heterocycles. The van der Waals surface area contributed by atoms with Crippen LogP contribution in [0.1, 0.15) is 11.4 Å². The van der Waals surface area contributed by atoms with Gasteiger partial charge in [-0.15, -0.1) is 0 Å². The lowest BCUT2D eigenvalue weighted by Gasteiger charge is -2.12. The van der Waals surface area contributed by atoms with Crippen LogP contribution in [0.3, 0.4) is 0 Å². The van der Waals surface area contributed by atoms with E-state index in [1.807, 2.05) is 43.3 Å². The van der Waals surface area contributed by atoms with Gasteiger partial charge in [-0.1, -0.05) is 23.7 Å². The molecular weight excluding hydrogens is 525 g/mol. The quantitative estimate of drug-likeness (QED) is 0.449. The third-order valence-corrected chi connectivity index (χ3v) is 5.12. The molecule has 0 aliphatic rings. The maximum absolute atomic E-state index is 12.8. The Morgan fingerprint density at radius 2 is 1.86 bits per heavy atom. The van der Waals surface area contributed by atoms with Gasteiger partial charge >= 0.3 is 0 Å². The summed E-state index contributed by atoms with van der Waals surface area (Å²) in [5.74, 6) is 0.714. The number of hydrogen-bond donors (Lipinski definition) is 0. The van der Waals surface area contributed by atoms with Crippen LogP contribution in [0.25, 0.3) is 10.9 Å². The number of fused-ring (bicyclic) bond motifs is 1. The molecule has 0 N–H and O–H groups in total. The molecule has 0 saturated heterocycles. The molecular formula is C16H11ClI2N2O. The third kappa shape index (κ3) is 3.16. The zero-order chi connectivity index (χ0) is 15.9. The average molecular weight is 537 g/mol. The molecule has 6 heteroatoms. The van der Waals surface area contributed by atoms with E-state index in [9.17, 15) is 4.79 Å². The van der Waals surface area contributed by atoms with E-state index in [0.29, 0.717) is 22.8 Å². The second-order valence-electron chi connectivity index (χ2n) is 4.96. The predicted octanol–water partition coefficient (Wildman–Crippen LogP) is 4.62. The largest absolute Gasteiger partial charge is 0.292 e. The number of aromatic nitrogens is 2. The fourth-order valence-electron chi connectivity index (χ4n) is 2.32. The van der Waals surface area contributed by atoms with E-state index in [0.717, 1.165) is 18.2 Å². The van der Waals surface area contributed by atoms with Crippen LogP contribution in [0, 0.1) is 14.1 Å². The van der Waals surface area contributed by atoms with Crippen molar-refractivity contribution in [2.75, 3.05) is 0 Å². The van der Waals surface area contributed by atoms with Crippen LogP contribution in [0.2, 0.25) is 5.02 Å². The summed E-state index contributed by atoms with van der Waals surface area (Å²) < 4.78 is 3.74. The lowest BCUT2D eigenvalue weighted by molar-refractivity contribution is 0.712. The van der Waals surface area contributed by atoms with Crippen LogP contribution < -0.4 is 5.56 Å². The molecule has 1 heterocycles. The van der Waals surface area contributed by atoms with Crippen molar-refractivity contribution >= 4 is 67.7 Å². The smallest absolute Gasteiger partial charge is 0.261 e. The van der Waals surface area contributed by atoms with E-state index in [4.69, 9.17) is 11.6 Å². The minimum absolute atomic E-state index is 0.00566. The second-order valence-corrected chi connectivity index (χ2v) is 7.80. The van der Waals surface area contributed by atoms with Crippen LogP contribution >= 0.6 is 56.8 Å². The van der Waals surface area contributed by atoms with Crippen molar-refractivity contribution in [2.45, 2.75) is 13.5 Å². The topological polar surface area (TPSA) is 34.9 Å². The molecule has 3 nitrogen and oxygen atoms in total. The van der Waals surface area contributed by atoms with Gasteiger partial charge in [0, 0.05) is 12.2 Å². The van der Waals surface area contributed by atoms with Gasteiger partial charge in [0.25, 0.3) is 5.56 Å². The van der Waals surface area contributed by atoms with Gasteiger partial charge in [0.05, 0.1) is 17.4 Å².